The molecule has 3 heterocycles. The molecule has 8 nitrogen and oxygen atoms in total. The average molecular weight is 691 g/mol. The second-order valence-corrected chi connectivity index (χ2v) is 14.4. The van der Waals surface area contributed by atoms with Crippen molar-refractivity contribution < 1.29 is 19.4 Å². The quantitative estimate of drug-likeness (QED) is 0.138. The maximum Gasteiger partial charge on any atom is 0.243 e. The van der Waals surface area contributed by atoms with Gasteiger partial charge in [0.25, 0.3) is 0 Å². The lowest BCUT2D eigenvalue weighted by Crippen LogP contribution is -2.56. The van der Waals surface area contributed by atoms with E-state index in [9.17, 15) is 14.7 Å². The van der Waals surface area contributed by atoms with Crippen LogP contribution in [0.4, 0.5) is 0 Å². The summed E-state index contributed by atoms with van der Waals surface area (Å²) in [6.07, 6.45) is 11.1. The number of hydrogen-bond donors (Lipinski definition) is 2. The van der Waals surface area contributed by atoms with Crippen molar-refractivity contribution in [3.63, 3.8) is 0 Å². The molecule has 0 spiro atoms. The van der Waals surface area contributed by atoms with Gasteiger partial charge in [-0.05, 0) is 113 Å². The van der Waals surface area contributed by atoms with E-state index in [4.69, 9.17) is 4.74 Å². The Morgan fingerprint density at radius 3 is 2.27 bits per heavy atom. The highest BCUT2D eigenvalue weighted by Crippen LogP contribution is 2.27. The fraction of sp³-hybridized carbons (Fsp3) is 0.465. The summed E-state index contributed by atoms with van der Waals surface area (Å²) in [5.41, 5.74) is 3.49. The predicted octanol–water partition coefficient (Wildman–Crippen LogP) is 6.60. The molecule has 2 N–H and O–H groups in total. The first-order valence-electron chi connectivity index (χ1n) is 19.1. The average Bonchev–Trinajstić information content (AvgIpc) is 3.17. The van der Waals surface area contributed by atoms with E-state index in [1.807, 2.05) is 47.4 Å². The lowest BCUT2D eigenvalue weighted by atomic mass is 9.92. The number of benzene rings is 3. The van der Waals surface area contributed by atoms with Crippen LogP contribution < -0.4 is 10.1 Å². The van der Waals surface area contributed by atoms with E-state index in [0.717, 1.165) is 81.7 Å². The largest absolute Gasteiger partial charge is 0.490 e. The maximum atomic E-state index is 14.1. The van der Waals surface area contributed by atoms with Crippen LogP contribution in [0, 0.1) is 5.92 Å². The first kappa shape index (κ1) is 36.5. The summed E-state index contributed by atoms with van der Waals surface area (Å²) in [7, 11) is 0. The van der Waals surface area contributed by atoms with E-state index in [-0.39, 0.29) is 30.4 Å². The molecule has 2 unspecified atom stereocenters. The molecule has 4 aromatic rings. The van der Waals surface area contributed by atoms with Gasteiger partial charge in [0.15, 0.2) is 0 Å². The summed E-state index contributed by atoms with van der Waals surface area (Å²) in [6.45, 7) is 2.63. The van der Waals surface area contributed by atoms with Gasteiger partial charge in [-0.1, -0.05) is 66.7 Å². The number of nitrogens with one attached hydrogen (secondary N) is 1. The van der Waals surface area contributed by atoms with Gasteiger partial charge < -0.3 is 20.1 Å². The van der Waals surface area contributed by atoms with Crippen LogP contribution in [0.15, 0.2) is 97.2 Å². The van der Waals surface area contributed by atoms with Crippen LogP contribution in [-0.2, 0) is 22.4 Å². The number of rotatable bonds is 16. The summed E-state index contributed by atoms with van der Waals surface area (Å²) < 4.78 is 6.02. The summed E-state index contributed by atoms with van der Waals surface area (Å²) in [4.78, 5) is 36.5. The maximum absolute atomic E-state index is 14.1. The molecule has 0 radical (unpaired) electrons. The minimum absolute atomic E-state index is 0.00338. The zero-order valence-corrected chi connectivity index (χ0v) is 29.9. The van der Waals surface area contributed by atoms with Crippen molar-refractivity contribution in [3.8, 4) is 5.75 Å². The lowest BCUT2D eigenvalue weighted by Gasteiger charge is -2.40. The topological polar surface area (TPSA) is 95.0 Å². The van der Waals surface area contributed by atoms with Gasteiger partial charge >= 0.3 is 0 Å². The highest BCUT2D eigenvalue weighted by atomic mass is 16.5. The zero-order valence-electron chi connectivity index (χ0n) is 29.9. The number of likely N-dealkylation sites (tertiary alicyclic amines) is 2. The molecular formula is C43H54N4O4. The number of ether oxygens (including phenoxy) is 1. The van der Waals surface area contributed by atoms with Crippen LogP contribution in [0.2, 0.25) is 0 Å². The molecule has 0 bridgehead atoms. The number of aromatic nitrogens is 1. The Morgan fingerprint density at radius 2 is 1.55 bits per heavy atom. The molecular weight excluding hydrogens is 636 g/mol. The van der Waals surface area contributed by atoms with Gasteiger partial charge in [-0.25, -0.2) is 0 Å². The van der Waals surface area contributed by atoms with Gasteiger partial charge in [-0.3, -0.25) is 19.5 Å². The molecule has 2 fully saturated rings. The molecule has 2 amide bonds. The Labute approximate surface area is 303 Å². The number of hydrogen-bond acceptors (Lipinski definition) is 6. The molecule has 2 aliphatic rings. The van der Waals surface area contributed by atoms with Crippen LogP contribution in [0.1, 0.15) is 68.9 Å². The van der Waals surface area contributed by atoms with Crippen LogP contribution in [0.25, 0.3) is 10.9 Å². The van der Waals surface area contributed by atoms with Gasteiger partial charge in [0.1, 0.15) is 24.5 Å². The Kier molecular flexibility index (Phi) is 13.5. The number of fused-ring (bicyclic) bond motifs is 1. The number of aryl methyl sites for hydroxylation is 2. The third kappa shape index (κ3) is 10.6. The van der Waals surface area contributed by atoms with E-state index in [1.165, 1.54) is 11.1 Å². The SMILES string of the molecule is O=C(NC(CCCc1ccccc1)CCCc1ccccc1)C1CCCCN1C(=O)C1CCCN(C[C@@H](O)COc2cccc3ncccc23)C1. The summed E-state index contributed by atoms with van der Waals surface area (Å²) in [5, 5.41) is 15.3. The predicted molar refractivity (Wildman–Crippen MR) is 202 cm³/mol. The van der Waals surface area contributed by atoms with Crippen LogP contribution in [0.5, 0.6) is 5.75 Å². The molecule has 3 aromatic carbocycles. The highest BCUT2D eigenvalue weighted by molar-refractivity contribution is 5.89. The fourth-order valence-electron chi connectivity index (χ4n) is 7.84. The number of amides is 2. The Balaban J connectivity index is 1.02. The molecule has 2 aliphatic heterocycles. The Hall–Kier alpha value is -4.27. The van der Waals surface area contributed by atoms with Crippen LogP contribution in [-0.4, -0.2) is 82.7 Å². The number of β-amino-alcohol motifs (C(OH)–C–C–N with tert-alkyl or cyclic N) is 1. The van der Waals surface area contributed by atoms with Crippen molar-refractivity contribution in [2.75, 3.05) is 32.8 Å². The number of carbonyl (C=O) groups is 2. The van der Waals surface area contributed by atoms with Gasteiger partial charge in [0, 0.05) is 37.3 Å². The Morgan fingerprint density at radius 1 is 0.824 bits per heavy atom. The number of nitrogens with zero attached hydrogens (tertiary/aromatic N) is 3. The second-order valence-electron chi connectivity index (χ2n) is 14.4. The summed E-state index contributed by atoms with van der Waals surface area (Å²) >= 11 is 0. The van der Waals surface area contributed by atoms with Crippen LogP contribution in [0.3, 0.4) is 0 Å². The monoisotopic (exact) mass is 690 g/mol. The standard InChI is InChI=1S/C43H54N4O4/c48-37(32-51-41-26-11-24-39-38(41)23-12-27-44-39)31-46-28-13-20-35(30-46)43(50)47-29-8-7-25-40(47)42(49)45-36(21-9-18-33-14-3-1-4-15-33)22-10-19-34-16-5-2-6-17-34/h1-6,11-12,14-17,23-24,26-27,35-37,40,48H,7-10,13,18-22,25,28-32H2,(H,45,49)/t35?,37-,40?/m1/s1. The van der Waals surface area contributed by atoms with E-state index in [0.29, 0.717) is 31.8 Å². The first-order valence-corrected chi connectivity index (χ1v) is 19.1. The Bertz CT molecular complexity index is 1620. The molecule has 3 atom stereocenters. The van der Waals surface area contributed by atoms with Gasteiger partial charge in [0.05, 0.1) is 11.4 Å². The number of piperidine rings is 2. The molecule has 270 valence electrons. The third-order valence-corrected chi connectivity index (χ3v) is 10.5. The molecule has 2 saturated heterocycles. The number of pyridine rings is 1. The highest BCUT2D eigenvalue weighted by Gasteiger charge is 2.37. The van der Waals surface area contributed by atoms with Crippen molar-refractivity contribution >= 4 is 22.7 Å². The molecule has 0 saturated carbocycles. The van der Waals surface area contributed by atoms with Crippen molar-refractivity contribution in [3.05, 3.63) is 108 Å². The minimum atomic E-state index is -0.694. The summed E-state index contributed by atoms with van der Waals surface area (Å²) in [6, 6.07) is 30.3. The number of aliphatic hydroxyl groups is 1. The molecule has 0 aliphatic carbocycles. The third-order valence-electron chi connectivity index (χ3n) is 10.5. The van der Waals surface area contributed by atoms with Crippen molar-refractivity contribution in [1.82, 2.24) is 20.1 Å². The van der Waals surface area contributed by atoms with Crippen molar-refractivity contribution in [1.29, 1.82) is 0 Å². The van der Waals surface area contributed by atoms with E-state index < -0.39 is 12.1 Å². The normalized spacial score (nSPS) is 18.8. The lowest BCUT2D eigenvalue weighted by molar-refractivity contribution is -0.147. The van der Waals surface area contributed by atoms with Gasteiger partial charge in [-0.2, -0.15) is 0 Å². The summed E-state index contributed by atoms with van der Waals surface area (Å²) in [5.74, 6) is 0.599. The van der Waals surface area contributed by atoms with Gasteiger partial charge in [0.2, 0.25) is 11.8 Å². The molecule has 8 heteroatoms. The zero-order chi connectivity index (χ0) is 35.3. The molecule has 1 aromatic heterocycles. The molecule has 51 heavy (non-hydrogen) atoms. The number of carbonyl (C=O) groups excluding carboxylic acids is 2. The smallest absolute Gasteiger partial charge is 0.243 e. The fourth-order valence-corrected chi connectivity index (χ4v) is 7.84. The van der Waals surface area contributed by atoms with Gasteiger partial charge in [-0.15, -0.1) is 0 Å². The first-order chi connectivity index (χ1) is 25.0. The van der Waals surface area contributed by atoms with Crippen molar-refractivity contribution in [2.24, 2.45) is 5.92 Å². The number of aliphatic hydroxyl groups excluding tert-OH is 1. The van der Waals surface area contributed by atoms with E-state index in [2.05, 4.69) is 63.7 Å². The van der Waals surface area contributed by atoms with E-state index >= 15 is 0 Å². The van der Waals surface area contributed by atoms with E-state index in [1.54, 1.807) is 6.20 Å². The van der Waals surface area contributed by atoms with Crippen molar-refractivity contribution in [2.45, 2.75) is 88.8 Å². The minimum Gasteiger partial charge on any atom is -0.490 e. The van der Waals surface area contributed by atoms with Crippen LogP contribution >= 0.6 is 0 Å². The molecule has 6 rings (SSSR count). The second kappa shape index (κ2) is 18.8.